The fourth-order valence-electron chi connectivity index (χ4n) is 2.63. The van der Waals surface area contributed by atoms with Gasteiger partial charge in [-0.15, -0.1) is 0 Å². The van der Waals surface area contributed by atoms with Gasteiger partial charge in [-0.1, -0.05) is 57.6 Å². The van der Waals surface area contributed by atoms with Crippen molar-refractivity contribution in [3.05, 3.63) is 11.6 Å². The van der Waals surface area contributed by atoms with Gasteiger partial charge in [-0.25, -0.2) is 0 Å². The molecular formula is C15H29N. The first-order valence-electron chi connectivity index (χ1n) is 7.30. The second-order valence-electron chi connectivity index (χ2n) is 4.98. The van der Waals surface area contributed by atoms with E-state index >= 15 is 0 Å². The highest BCUT2D eigenvalue weighted by Crippen LogP contribution is 2.23. The van der Waals surface area contributed by atoms with E-state index in [1.54, 1.807) is 5.57 Å². The maximum Gasteiger partial charge on any atom is 0.0279 e. The predicted octanol–water partition coefficient (Wildman–Crippen LogP) is 4.44. The van der Waals surface area contributed by atoms with Gasteiger partial charge in [-0.2, -0.15) is 0 Å². The van der Waals surface area contributed by atoms with Crippen LogP contribution in [-0.4, -0.2) is 12.6 Å². The smallest absolute Gasteiger partial charge is 0.0279 e. The molecule has 0 aromatic carbocycles. The summed E-state index contributed by atoms with van der Waals surface area (Å²) in [6, 6.07) is 0.689. The molecule has 0 aromatic rings. The normalized spacial score (nSPS) is 17.5. The first kappa shape index (κ1) is 13.8. The Kier molecular flexibility index (Phi) is 7.58. The van der Waals surface area contributed by atoms with Gasteiger partial charge in [0.25, 0.3) is 0 Å². The summed E-state index contributed by atoms with van der Waals surface area (Å²) in [6.45, 7) is 5.61. The molecule has 1 nitrogen and oxygen atoms in total. The Morgan fingerprint density at radius 1 is 1.19 bits per heavy atom. The summed E-state index contributed by atoms with van der Waals surface area (Å²) in [4.78, 5) is 0. The monoisotopic (exact) mass is 223 g/mol. The van der Waals surface area contributed by atoms with Crippen molar-refractivity contribution in [2.24, 2.45) is 0 Å². The SMILES string of the molecule is CCCCCCCC(NCC)C1=CCCC1. The highest BCUT2D eigenvalue weighted by atomic mass is 14.9. The van der Waals surface area contributed by atoms with E-state index < -0.39 is 0 Å². The van der Waals surface area contributed by atoms with Crippen molar-refractivity contribution in [2.45, 2.75) is 77.7 Å². The minimum atomic E-state index is 0.689. The number of unbranched alkanes of at least 4 members (excludes halogenated alkanes) is 4. The average Bonchev–Trinajstić information content (AvgIpc) is 2.81. The molecule has 0 heterocycles. The number of allylic oxidation sites excluding steroid dienone is 1. The van der Waals surface area contributed by atoms with Crippen molar-refractivity contribution < 1.29 is 0 Å². The van der Waals surface area contributed by atoms with Crippen LogP contribution < -0.4 is 5.32 Å². The molecular weight excluding hydrogens is 194 g/mol. The standard InChI is InChI=1S/C15H29N/c1-3-5-6-7-8-13-15(16-4-2)14-11-9-10-12-14/h11,15-16H,3-10,12-13H2,1-2H3. The number of hydrogen-bond donors (Lipinski definition) is 1. The zero-order valence-electron chi connectivity index (χ0n) is 11.2. The Labute approximate surface area is 102 Å². The third-order valence-electron chi connectivity index (χ3n) is 3.57. The van der Waals surface area contributed by atoms with Crippen LogP contribution in [0.25, 0.3) is 0 Å². The van der Waals surface area contributed by atoms with Gasteiger partial charge in [0.2, 0.25) is 0 Å². The molecule has 0 aromatic heterocycles. The second-order valence-corrected chi connectivity index (χ2v) is 4.98. The van der Waals surface area contributed by atoms with E-state index in [0.29, 0.717) is 6.04 Å². The molecule has 94 valence electrons. The van der Waals surface area contributed by atoms with Gasteiger partial charge in [-0.05, 0) is 32.2 Å². The van der Waals surface area contributed by atoms with Crippen LogP contribution in [0.5, 0.6) is 0 Å². The Bertz CT molecular complexity index is 196. The van der Waals surface area contributed by atoms with Gasteiger partial charge >= 0.3 is 0 Å². The molecule has 1 aliphatic carbocycles. The van der Waals surface area contributed by atoms with E-state index in [9.17, 15) is 0 Å². The summed E-state index contributed by atoms with van der Waals surface area (Å²) >= 11 is 0. The highest BCUT2D eigenvalue weighted by Gasteiger charge is 2.15. The van der Waals surface area contributed by atoms with Crippen LogP contribution in [0.1, 0.15) is 71.6 Å². The molecule has 1 rings (SSSR count). The molecule has 0 saturated carbocycles. The summed E-state index contributed by atoms with van der Waals surface area (Å²) in [7, 11) is 0. The topological polar surface area (TPSA) is 12.0 Å². The van der Waals surface area contributed by atoms with Gasteiger partial charge < -0.3 is 5.32 Å². The van der Waals surface area contributed by atoms with Crippen LogP contribution in [0.2, 0.25) is 0 Å². The molecule has 1 atom stereocenters. The third-order valence-corrected chi connectivity index (χ3v) is 3.57. The van der Waals surface area contributed by atoms with Gasteiger partial charge in [-0.3, -0.25) is 0 Å². The number of rotatable bonds is 9. The fraction of sp³-hybridized carbons (Fsp3) is 0.867. The molecule has 1 heteroatoms. The van der Waals surface area contributed by atoms with Crippen LogP contribution in [0, 0.1) is 0 Å². The molecule has 1 N–H and O–H groups in total. The lowest BCUT2D eigenvalue weighted by atomic mass is 9.99. The molecule has 0 bridgehead atoms. The highest BCUT2D eigenvalue weighted by molar-refractivity contribution is 5.14. The zero-order valence-corrected chi connectivity index (χ0v) is 11.2. The Balaban J connectivity index is 2.17. The summed E-state index contributed by atoms with van der Waals surface area (Å²) in [5.74, 6) is 0. The minimum Gasteiger partial charge on any atom is -0.311 e. The van der Waals surface area contributed by atoms with Gasteiger partial charge in [0.05, 0.1) is 0 Å². The van der Waals surface area contributed by atoms with E-state index in [2.05, 4.69) is 25.2 Å². The van der Waals surface area contributed by atoms with Gasteiger partial charge in [0.15, 0.2) is 0 Å². The predicted molar refractivity (Wildman–Crippen MR) is 72.8 cm³/mol. The Hall–Kier alpha value is -0.300. The summed E-state index contributed by atoms with van der Waals surface area (Å²) in [5, 5.41) is 3.65. The lowest BCUT2D eigenvalue weighted by Crippen LogP contribution is -2.30. The molecule has 0 fully saturated rings. The third kappa shape index (κ3) is 5.16. The maximum atomic E-state index is 3.65. The van der Waals surface area contributed by atoms with Crippen LogP contribution >= 0.6 is 0 Å². The summed E-state index contributed by atoms with van der Waals surface area (Å²) in [6.07, 6.45) is 14.9. The van der Waals surface area contributed by atoms with Crippen molar-refractivity contribution in [1.29, 1.82) is 0 Å². The Morgan fingerprint density at radius 3 is 2.62 bits per heavy atom. The first-order valence-corrected chi connectivity index (χ1v) is 7.30. The lowest BCUT2D eigenvalue weighted by molar-refractivity contribution is 0.500. The molecule has 0 radical (unpaired) electrons. The van der Waals surface area contributed by atoms with E-state index in [4.69, 9.17) is 0 Å². The molecule has 16 heavy (non-hydrogen) atoms. The largest absolute Gasteiger partial charge is 0.311 e. The van der Waals surface area contributed by atoms with Crippen LogP contribution in [-0.2, 0) is 0 Å². The molecule has 1 unspecified atom stereocenters. The van der Waals surface area contributed by atoms with Crippen LogP contribution in [0.3, 0.4) is 0 Å². The average molecular weight is 223 g/mol. The van der Waals surface area contributed by atoms with E-state index in [-0.39, 0.29) is 0 Å². The first-order chi connectivity index (χ1) is 7.88. The van der Waals surface area contributed by atoms with Gasteiger partial charge in [0, 0.05) is 6.04 Å². The van der Waals surface area contributed by atoms with Crippen molar-refractivity contribution in [2.75, 3.05) is 6.54 Å². The summed E-state index contributed by atoms with van der Waals surface area (Å²) < 4.78 is 0. The van der Waals surface area contributed by atoms with E-state index in [0.717, 1.165) is 6.54 Å². The van der Waals surface area contributed by atoms with Crippen LogP contribution in [0.15, 0.2) is 11.6 Å². The molecule has 1 aliphatic rings. The number of hydrogen-bond acceptors (Lipinski definition) is 1. The lowest BCUT2D eigenvalue weighted by Gasteiger charge is -2.19. The van der Waals surface area contributed by atoms with E-state index in [1.807, 2.05) is 0 Å². The van der Waals surface area contributed by atoms with Crippen molar-refractivity contribution in [3.8, 4) is 0 Å². The van der Waals surface area contributed by atoms with Crippen LogP contribution in [0.4, 0.5) is 0 Å². The van der Waals surface area contributed by atoms with Crippen molar-refractivity contribution in [1.82, 2.24) is 5.32 Å². The Morgan fingerprint density at radius 2 is 2.00 bits per heavy atom. The molecule has 0 spiro atoms. The minimum absolute atomic E-state index is 0.689. The van der Waals surface area contributed by atoms with Crippen molar-refractivity contribution >= 4 is 0 Å². The number of nitrogens with one attached hydrogen (secondary N) is 1. The fourth-order valence-corrected chi connectivity index (χ4v) is 2.63. The quantitative estimate of drug-likeness (QED) is 0.450. The van der Waals surface area contributed by atoms with E-state index in [1.165, 1.54) is 57.8 Å². The maximum absolute atomic E-state index is 3.65. The second kappa shape index (κ2) is 8.81. The summed E-state index contributed by atoms with van der Waals surface area (Å²) in [5.41, 5.74) is 1.69. The molecule has 0 aliphatic heterocycles. The zero-order chi connectivity index (χ0) is 11.6. The van der Waals surface area contributed by atoms with Gasteiger partial charge in [0.1, 0.15) is 0 Å². The molecule has 0 saturated heterocycles. The molecule has 0 amide bonds. The number of likely N-dealkylation sites (N-methyl/N-ethyl adjacent to an activating group) is 1. The van der Waals surface area contributed by atoms with Crippen molar-refractivity contribution in [3.63, 3.8) is 0 Å².